The van der Waals surface area contributed by atoms with E-state index in [0.717, 1.165) is 25.1 Å². The molecule has 6 nitrogen and oxygen atoms in total. The van der Waals surface area contributed by atoms with Crippen LogP contribution in [0.4, 0.5) is 0 Å². The minimum absolute atomic E-state index is 0.186. The van der Waals surface area contributed by atoms with Gasteiger partial charge in [-0.25, -0.2) is 9.78 Å². The minimum atomic E-state index is -0.494. The molecule has 2 rings (SSSR count). The Morgan fingerprint density at radius 3 is 3.17 bits per heavy atom. The Morgan fingerprint density at radius 2 is 2.61 bits per heavy atom. The largest absolute Gasteiger partial charge is 0.468 e. The van der Waals surface area contributed by atoms with Gasteiger partial charge in [0.15, 0.2) is 0 Å². The monoisotopic (exact) mass is 253 g/mol. The third kappa shape index (κ3) is 2.88. The van der Waals surface area contributed by atoms with Crippen LogP contribution in [0, 0.1) is 0 Å². The third-order valence-corrected chi connectivity index (χ3v) is 3.16. The maximum absolute atomic E-state index is 11.8. The van der Waals surface area contributed by atoms with Crippen LogP contribution < -0.4 is 5.32 Å². The quantitative estimate of drug-likeness (QED) is 0.770. The van der Waals surface area contributed by atoms with Crippen LogP contribution in [-0.4, -0.2) is 41.9 Å². The van der Waals surface area contributed by atoms with Gasteiger partial charge in [0.1, 0.15) is 6.04 Å². The number of aromatic nitrogens is 2. The highest BCUT2D eigenvalue weighted by atomic mass is 16.5. The fourth-order valence-corrected chi connectivity index (χ4v) is 2.13. The molecule has 100 valence electrons. The number of hydrogen-bond donors (Lipinski definition) is 1. The molecule has 1 saturated heterocycles. The molecule has 1 aromatic rings. The molecule has 18 heavy (non-hydrogen) atoms. The Hall–Kier alpha value is -1.40. The van der Waals surface area contributed by atoms with E-state index < -0.39 is 6.04 Å². The van der Waals surface area contributed by atoms with Crippen molar-refractivity contribution in [2.75, 3.05) is 20.3 Å². The summed E-state index contributed by atoms with van der Waals surface area (Å²) in [5.74, 6) is -0.309. The lowest BCUT2D eigenvalue weighted by atomic mass is 10.2. The van der Waals surface area contributed by atoms with Crippen molar-refractivity contribution in [1.82, 2.24) is 14.9 Å². The van der Waals surface area contributed by atoms with Crippen LogP contribution in [0.3, 0.4) is 0 Å². The van der Waals surface area contributed by atoms with E-state index in [1.807, 2.05) is 11.6 Å². The van der Waals surface area contributed by atoms with Crippen molar-refractivity contribution in [1.29, 1.82) is 0 Å². The molecule has 1 aliphatic rings. The van der Waals surface area contributed by atoms with Gasteiger partial charge in [-0.3, -0.25) is 5.32 Å². The first kappa shape index (κ1) is 13.0. The van der Waals surface area contributed by atoms with E-state index in [9.17, 15) is 4.79 Å². The maximum atomic E-state index is 11.8. The second kappa shape index (κ2) is 5.97. The molecule has 0 bridgehead atoms. The van der Waals surface area contributed by atoms with E-state index in [1.165, 1.54) is 7.11 Å². The summed E-state index contributed by atoms with van der Waals surface area (Å²) in [5, 5.41) is 3.20. The average molecular weight is 253 g/mol. The van der Waals surface area contributed by atoms with Crippen molar-refractivity contribution in [2.45, 2.75) is 25.0 Å². The molecule has 2 heterocycles. The van der Waals surface area contributed by atoms with E-state index in [0.29, 0.717) is 6.54 Å². The highest BCUT2D eigenvalue weighted by Gasteiger charge is 2.25. The molecule has 2 atom stereocenters. The van der Waals surface area contributed by atoms with Gasteiger partial charge in [0.25, 0.3) is 0 Å². The molecular weight excluding hydrogens is 234 g/mol. The Bertz CT molecular complexity index is 399. The van der Waals surface area contributed by atoms with E-state index in [4.69, 9.17) is 9.47 Å². The van der Waals surface area contributed by atoms with Gasteiger partial charge in [-0.05, 0) is 12.8 Å². The summed E-state index contributed by atoms with van der Waals surface area (Å²) in [4.78, 5) is 15.8. The van der Waals surface area contributed by atoms with Gasteiger partial charge >= 0.3 is 5.97 Å². The smallest absolute Gasteiger partial charge is 0.329 e. The number of imidazole rings is 1. The van der Waals surface area contributed by atoms with Crippen molar-refractivity contribution >= 4 is 5.97 Å². The van der Waals surface area contributed by atoms with Crippen LogP contribution in [0.15, 0.2) is 12.5 Å². The summed E-state index contributed by atoms with van der Waals surface area (Å²) in [7, 11) is 3.24. The highest BCUT2D eigenvalue weighted by Crippen LogP contribution is 2.16. The first-order valence-corrected chi connectivity index (χ1v) is 6.11. The van der Waals surface area contributed by atoms with E-state index in [1.54, 1.807) is 12.5 Å². The molecule has 0 saturated carbocycles. The van der Waals surface area contributed by atoms with Crippen LogP contribution >= 0.6 is 0 Å². The Kier molecular flexibility index (Phi) is 4.33. The van der Waals surface area contributed by atoms with Crippen molar-refractivity contribution < 1.29 is 14.3 Å². The van der Waals surface area contributed by atoms with Gasteiger partial charge in [0.2, 0.25) is 0 Å². The second-order valence-electron chi connectivity index (χ2n) is 4.43. The van der Waals surface area contributed by atoms with Crippen LogP contribution in [-0.2, 0) is 21.3 Å². The zero-order chi connectivity index (χ0) is 13.0. The topological polar surface area (TPSA) is 65.4 Å². The molecular formula is C12H19N3O3. The number of esters is 1. The Balaban J connectivity index is 2.01. The number of methoxy groups -OCH3 is 1. The molecule has 0 aliphatic carbocycles. The molecule has 1 aromatic heterocycles. The standard InChI is InChI=1S/C12H19N3O3/c1-15-8-13-7-10(15)11(12(16)17-2)14-6-9-4-3-5-18-9/h7-9,11,14H,3-6H2,1-2H3. The molecule has 0 spiro atoms. The van der Waals surface area contributed by atoms with Gasteiger partial charge < -0.3 is 14.0 Å². The van der Waals surface area contributed by atoms with E-state index >= 15 is 0 Å². The molecule has 1 fully saturated rings. The summed E-state index contributed by atoms with van der Waals surface area (Å²) in [5.41, 5.74) is 0.792. The lowest BCUT2D eigenvalue weighted by molar-refractivity contribution is -0.143. The first-order chi connectivity index (χ1) is 8.72. The highest BCUT2D eigenvalue weighted by molar-refractivity contribution is 5.76. The molecule has 2 unspecified atom stereocenters. The maximum Gasteiger partial charge on any atom is 0.329 e. The summed E-state index contributed by atoms with van der Waals surface area (Å²) in [6.07, 6.45) is 5.64. The number of nitrogens with zero attached hydrogens (tertiary/aromatic N) is 2. The number of nitrogens with one attached hydrogen (secondary N) is 1. The summed E-state index contributed by atoms with van der Waals surface area (Å²) in [6, 6.07) is -0.494. The predicted octanol–water partition coefficient (Wildman–Crippen LogP) is 0.403. The molecule has 0 radical (unpaired) electrons. The molecule has 6 heteroatoms. The number of ether oxygens (including phenoxy) is 2. The van der Waals surface area contributed by atoms with Gasteiger partial charge in [0, 0.05) is 20.2 Å². The average Bonchev–Trinajstić information content (AvgIpc) is 3.01. The number of aryl methyl sites for hydroxylation is 1. The molecule has 0 aromatic carbocycles. The van der Waals surface area contributed by atoms with Gasteiger partial charge in [-0.15, -0.1) is 0 Å². The molecule has 0 amide bonds. The summed E-state index contributed by atoms with van der Waals surface area (Å²) in [6.45, 7) is 1.45. The van der Waals surface area contributed by atoms with E-state index in [-0.39, 0.29) is 12.1 Å². The van der Waals surface area contributed by atoms with Crippen molar-refractivity contribution in [3.63, 3.8) is 0 Å². The van der Waals surface area contributed by atoms with Gasteiger partial charge in [-0.2, -0.15) is 0 Å². The van der Waals surface area contributed by atoms with Crippen molar-refractivity contribution in [3.8, 4) is 0 Å². The Labute approximate surface area is 106 Å². The third-order valence-electron chi connectivity index (χ3n) is 3.16. The van der Waals surface area contributed by atoms with Crippen LogP contribution in [0.1, 0.15) is 24.6 Å². The zero-order valence-electron chi connectivity index (χ0n) is 10.8. The minimum Gasteiger partial charge on any atom is -0.468 e. The SMILES string of the molecule is COC(=O)C(NCC1CCCO1)c1cncn1C. The fourth-order valence-electron chi connectivity index (χ4n) is 2.13. The fraction of sp³-hybridized carbons (Fsp3) is 0.667. The zero-order valence-corrected chi connectivity index (χ0v) is 10.8. The lowest BCUT2D eigenvalue weighted by Crippen LogP contribution is -2.36. The Morgan fingerprint density at radius 1 is 1.78 bits per heavy atom. The van der Waals surface area contributed by atoms with Gasteiger partial charge in [0.05, 0.1) is 31.4 Å². The predicted molar refractivity (Wildman–Crippen MR) is 64.9 cm³/mol. The molecule has 1 N–H and O–H groups in total. The van der Waals surface area contributed by atoms with Crippen molar-refractivity contribution in [2.24, 2.45) is 7.05 Å². The number of carbonyl (C=O) groups is 1. The van der Waals surface area contributed by atoms with Gasteiger partial charge in [-0.1, -0.05) is 0 Å². The van der Waals surface area contributed by atoms with E-state index in [2.05, 4.69) is 10.3 Å². The van der Waals surface area contributed by atoms with Crippen LogP contribution in [0.5, 0.6) is 0 Å². The van der Waals surface area contributed by atoms with Crippen molar-refractivity contribution in [3.05, 3.63) is 18.2 Å². The summed E-state index contributed by atoms with van der Waals surface area (Å²) >= 11 is 0. The number of hydrogen-bond acceptors (Lipinski definition) is 5. The van der Waals surface area contributed by atoms with Crippen LogP contribution in [0.25, 0.3) is 0 Å². The normalized spacial score (nSPS) is 20.9. The summed E-state index contributed by atoms with van der Waals surface area (Å²) < 4.78 is 12.2. The molecule has 1 aliphatic heterocycles. The first-order valence-electron chi connectivity index (χ1n) is 6.11. The second-order valence-corrected chi connectivity index (χ2v) is 4.43. The van der Waals surface area contributed by atoms with Crippen LogP contribution in [0.2, 0.25) is 0 Å². The number of carbonyl (C=O) groups excluding carboxylic acids is 1. The lowest BCUT2D eigenvalue weighted by Gasteiger charge is -2.19. The number of rotatable bonds is 5.